The molecular formula is C12H16N4O3. The van der Waals surface area contributed by atoms with Crippen LogP contribution in [0.15, 0.2) is 30.5 Å². The summed E-state index contributed by atoms with van der Waals surface area (Å²) in [6, 6.07) is 7.26. The van der Waals surface area contributed by atoms with Crippen LogP contribution >= 0.6 is 0 Å². The Bertz CT molecular complexity index is 529. The molecule has 0 aliphatic heterocycles. The first kappa shape index (κ1) is 13.5. The molecule has 0 radical (unpaired) electrons. The lowest BCUT2D eigenvalue weighted by Crippen LogP contribution is -2.09. The van der Waals surface area contributed by atoms with Crippen LogP contribution in [0, 0.1) is 0 Å². The highest BCUT2D eigenvalue weighted by Crippen LogP contribution is 2.20. The number of ether oxygens (including phenoxy) is 1. The second-order valence-corrected chi connectivity index (χ2v) is 4.04. The molecule has 3 N–H and O–H groups in total. The van der Waals surface area contributed by atoms with Crippen LogP contribution < -0.4 is 10.6 Å². The number of nitrogens with two attached hydrogens (primary N) is 1. The summed E-state index contributed by atoms with van der Waals surface area (Å²) in [7, 11) is 1.59. The quantitative estimate of drug-likeness (QED) is 0.734. The fraction of sp³-hybridized carbons (Fsp3) is 0.333. The number of methoxy groups -OCH3 is 1. The molecule has 1 atom stereocenters. The van der Waals surface area contributed by atoms with E-state index in [-0.39, 0.29) is 6.61 Å². The summed E-state index contributed by atoms with van der Waals surface area (Å²) in [6.45, 7) is 0.486. The van der Waals surface area contributed by atoms with Gasteiger partial charge in [-0.3, -0.25) is 4.84 Å². The van der Waals surface area contributed by atoms with Crippen LogP contribution in [-0.4, -0.2) is 27.2 Å². The number of rotatable bonds is 6. The maximum Gasteiger partial charge on any atom is 0.119 e. The first-order chi connectivity index (χ1) is 9.22. The van der Waals surface area contributed by atoms with Gasteiger partial charge in [0.2, 0.25) is 0 Å². The van der Waals surface area contributed by atoms with E-state index in [2.05, 4.69) is 15.1 Å². The van der Waals surface area contributed by atoms with E-state index in [0.29, 0.717) is 18.0 Å². The van der Waals surface area contributed by atoms with Crippen molar-refractivity contribution in [1.82, 2.24) is 15.0 Å². The van der Waals surface area contributed by atoms with Gasteiger partial charge in [-0.05, 0) is 17.7 Å². The zero-order chi connectivity index (χ0) is 13.7. The topological polar surface area (TPSA) is 95.4 Å². The van der Waals surface area contributed by atoms with Gasteiger partial charge in [0.25, 0.3) is 0 Å². The van der Waals surface area contributed by atoms with Crippen LogP contribution in [0.2, 0.25) is 0 Å². The van der Waals surface area contributed by atoms with Crippen LogP contribution in [0.3, 0.4) is 0 Å². The summed E-state index contributed by atoms with van der Waals surface area (Å²) < 4.78 is 6.66. The van der Waals surface area contributed by atoms with Gasteiger partial charge in [0.1, 0.15) is 18.1 Å². The van der Waals surface area contributed by atoms with Crippen LogP contribution in [-0.2, 0) is 18.0 Å². The van der Waals surface area contributed by atoms with Gasteiger partial charge in [-0.2, -0.15) is 0 Å². The molecular weight excluding hydrogens is 248 g/mol. The van der Waals surface area contributed by atoms with Gasteiger partial charge in [-0.15, -0.1) is 5.10 Å². The molecule has 0 spiro atoms. The Hall–Kier alpha value is -1.96. The normalized spacial score (nSPS) is 12.4. The molecule has 1 heterocycles. The molecule has 0 saturated carbocycles. The molecule has 2 aromatic rings. The molecule has 19 heavy (non-hydrogen) atoms. The zero-order valence-corrected chi connectivity index (χ0v) is 10.6. The Kier molecular flexibility index (Phi) is 4.45. The third kappa shape index (κ3) is 3.50. The Balaban J connectivity index is 2.04. The molecule has 7 heteroatoms. The molecule has 0 bridgehead atoms. The highest BCUT2D eigenvalue weighted by atomic mass is 16.6. The van der Waals surface area contributed by atoms with Crippen molar-refractivity contribution >= 4 is 0 Å². The summed E-state index contributed by atoms with van der Waals surface area (Å²) in [6.07, 6.45) is 0.986. The fourth-order valence-electron chi connectivity index (χ4n) is 1.71. The van der Waals surface area contributed by atoms with Gasteiger partial charge in [0.05, 0.1) is 26.0 Å². The van der Waals surface area contributed by atoms with Crippen molar-refractivity contribution in [1.29, 1.82) is 0 Å². The highest BCUT2D eigenvalue weighted by Gasteiger charge is 2.11. The Morgan fingerprint density at radius 3 is 3.05 bits per heavy atom. The maximum atomic E-state index is 10.1. The Morgan fingerprint density at radius 1 is 1.47 bits per heavy atom. The van der Waals surface area contributed by atoms with Crippen molar-refractivity contribution < 1.29 is 14.7 Å². The molecule has 0 fully saturated rings. The lowest BCUT2D eigenvalue weighted by Gasteiger charge is -2.11. The van der Waals surface area contributed by atoms with Gasteiger partial charge in [0, 0.05) is 0 Å². The summed E-state index contributed by atoms with van der Waals surface area (Å²) >= 11 is 0. The van der Waals surface area contributed by atoms with Crippen molar-refractivity contribution in [3.05, 3.63) is 41.7 Å². The number of aliphatic hydroxyl groups excluding tert-OH is 1. The predicted octanol–water partition coefficient (Wildman–Crippen LogP) is 0.411. The van der Waals surface area contributed by atoms with Gasteiger partial charge < -0.3 is 9.84 Å². The van der Waals surface area contributed by atoms with Crippen molar-refractivity contribution in [2.24, 2.45) is 5.90 Å². The fourth-order valence-corrected chi connectivity index (χ4v) is 1.71. The van der Waals surface area contributed by atoms with E-state index in [9.17, 15) is 5.11 Å². The van der Waals surface area contributed by atoms with Gasteiger partial charge >= 0.3 is 0 Å². The molecule has 7 nitrogen and oxygen atoms in total. The number of hydrogen-bond acceptors (Lipinski definition) is 6. The number of aromatic nitrogens is 3. The average Bonchev–Trinajstić information content (AvgIpc) is 2.86. The maximum absolute atomic E-state index is 10.1. The number of benzene rings is 1. The third-order valence-corrected chi connectivity index (χ3v) is 2.66. The number of nitrogens with zero attached hydrogens (tertiary/aromatic N) is 3. The van der Waals surface area contributed by atoms with E-state index in [1.165, 1.54) is 0 Å². The molecule has 0 amide bonds. The van der Waals surface area contributed by atoms with Crippen LogP contribution in [0.5, 0.6) is 5.75 Å². The largest absolute Gasteiger partial charge is 0.497 e. The van der Waals surface area contributed by atoms with Gasteiger partial charge in [-0.25, -0.2) is 10.6 Å². The minimum atomic E-state index is -0.691. The Labute approximate surface area is 110 Å². The monoisotopic (exact) mass is 264 g/mol. The van der Waals surface area contributed by atoms with E-state index in [1.54, 1.807) is 24.1 Å². The lowest BCUT2D eigenvalue weighted by molar-refractivity contribution is 0.121. The minimum absolute atomic E-state index is 0.190. The highest BCUT2D eigenvalue weighted by molar-refractivity contribution is 5.29. The van der Waals surface area contributed by atoms with E-state index in [1.807, 2.05) is 18.2 Å². The molecule has 1 aromatic carbocycles. The van der Waals surface area contributed by atoms with Crippen molar-refractivity contribution in [2.45, 2.75) is 19.3 Å². The SMILES string of the molecule is COc1cccc([C@H](O)Cn2cc(CON)nn2)c1. The molecule has 0 aliphatic carbocycles. The molecule has 1 aromatic heterocycles. The predicted molar refractivity (Wildman–Crippen MR) is 67.0 cm³/mol. The van der Waals surface area contributed by atoms with Gasteiger partial charge in [-0.1, -0.05) is 17.3 Å². The van der Waals surface area contributed by atoms with Crippen LogP contribution in [0.1, 0.15) is 17.4 Å². The molecule has 0 aliphatic rings. The van der Waals surface area contributed by atoms with Crippen molar-refractivity contribution in [2.75, 3.05) is 7.11 Å². The molecule has 0 saturated heterocycles. The number of hydrogen-bond donors (Lipinski definition) is 2. The zero-order valence-electron chi connectivity index (χ0n) is 10.6. The standard InChI is InChI=1S/C12H16N4O3/c1-18-11-4-2-3-9(5-11)12(17)7-16-6-10(8-19-13)14-15-16/h2-6,12,17H,7-8,13H2,1H3/t12-/m1/s1. The first-order valence-corrected chi connectivity index (χ1v) is 5.75. The smallest absolute Gasteiger partial charge is 0.119 e. The molecule has 2 rings (SSSR count). The second-order valence-electron chi connectivity index (χ2n) is 4.04. The van der Waals surface area contributed by atoms with E-state index >= 15 is 0 Å². The Morgan fingerprint density at radius 2 is 2.32 bits per heavy atom. The first-order valence-electron chi connectivity index (χ1n) is 5.75. The van der Waals surface area contributed by atoms with Crippen molar-refractivity contribution in [3.8, 4) is 5.75 Å². The summed E-state index contributed by atoms with van der Waals surface area (Å²) in [4.78, 5) is 4.47. The van der Waals surface area contributed by atoms with Crippen LogP contribution in [0.4, 0.5) is 0 Å². The van der Waals surface area contributed by atoms with E-state index in [4.69, 9.17) is 10.6 Å². The number of aliphatic hydroxyl groups is 1. The third-order valence-electron chi connectivity index (χ3n) is 2.66. The average molecular weight is 264 g/mol. The van der Waals surface area contributed by atoms with Crippen LogP contribution in [0.25, 0.3) is 0 Å². The van der Waals surface area contributed by atoms with Gasteiger partial charge in [0.15, 0.2) is 0 Å². The van der Waals surface area contributed by atoms with Crippen molar-refractivity contribution in [3.63, 3.8) is 0 Å². The summed E-state index contributed by atoms with van der Waals surface area (Å²) in [5, 5.41) is 17.9. The lowest BCUT2D eigenvalue weighted by atomic mass is 10.1. The molecule has 0 unspecified atom stereocenters. The van der Waals surface area contributed by atoms with E-state index < -0.39 is 6.10 Å². The van der Waals surface area contributed by atoms with E-state index in [0.717, 1.165) is 5.56 Å². The second kappa shape index (κ2) is 6.28. The summed E-state index contributed by atoms with van der Waals surface area (Å²) in [5.74, 6) is 5.66. The molecule has 102 valence electrons. The minimum Gasteiger partial charge on any atom is -0.497 e. The summed E-state index contributed by atoms with van der Waals surface area (Å²) in [5.41, 5.74) is 1.37.